The van der Waals surface area contributed by atoms with E-state index in [1.165, 1.54) is 17.6 Å². The van der Waals surface area contributed by atoms with Gasteiger partial charge in [-0.15, -0.1) is 0 Å². The van der Waals surface area contributed by atoms with Crippen molar-refractivity contribution in [2.75, 3.05) is 0 Å². The van der Waals surface area contributed by atoms with Crippen molar-refractivity contribution in [3.63, 3.8) is 0 Å². The van der Waals surface area contributed by atoms with Crippen LogP contribution in [0.3, 0.4) is 0 Å². The van der Waals surface area contributed by atoms with Gasteiger partial charge in [0, 0.05) is 27.2 Å². The zero-order valence-corrected chi connectivity index (χ0v) is 14.6. The molecule has 0 spiro atoms. The van der Waals surface area contributed by atoms with E-state index < -0.39 is 0 Å². The summed E-state index contributed by atoms with van der Waals surface area (Å²) < 4.78 is 1.67. The first-order valence-electron chi connectivity index (χ1n) is 5.35. The average Bonchev–Trinajstić information content (AvgIpc) is 2.37. The number of nitrogens with two attached hydrogens (primary N) is 2. The second kappa shape index (κ2) is 6.41. The quantitative estimate of drug-likeness (QED) is 0.212. The Morgan fingerprint density at radius 1 is 1.10 bits per heavy atom. The first-order valence-corrected chi connectivity index (χ1v) is 7.69. The molecule has 0 saturated carbocycles. The molecule has 0 aliphatic heterocycles. The van der Waals surface area contributed by atoms with E-state index in [2.05, 4.69) is 37.0 Å². The highest BCUT2D eigenvalue weighted by molar-refractivity contribution is 9.15. The van der Waals surface area contributed by atoms with E-state index in [1.807, 2.05) is 0 Å². The zero-order chi connectivity index (χ0) is 14.9. The van der Waals surface area contributed by atoms with Crippen molar-refractivity contribution in [1.82, 2.24) is 0 Å². The van der Waals surface area contributed by atoms with Gasteiger partial charge in [-0.3, -0.25) is 5.41 Å². The van der Waals surface area contributed by atoms with Crippen LogP contribution in [0.15, 0.2) is 38.4 Å². The van der Waals surface area contributed by atoms with Crippen molar-refractivity contribution in [2.45, 2.75) is 0 Å². The first-order chi connectivity index (χ1) is 9.38. The summed E-state index contributed by atoms with van der Waals surface area (Å²) in [5.41, 5.74) is 3.02. The molecule has 5 N–H and O–H groups in total. The van der Waals surface area contributed by atoms with Crippen LogP contribution in [0.4, 0.5) is 5.69 Å². The third kappa shape index (κ3) is 3.51. The van der Waals surface area contributed by atoms with Crippen LogP contribution in [0.2, 0.25) is 10.0 Å². The summed E-state index contributed by atoms with van der Waals surface area (Å²) in [5.74, 6) is -0.00195. The van der Waals surface area contributed by atoms with Gasteiger partial charge in [0.05, 0.1) is 10.0 Å². The maximum Gasteiger partial charge on any atom is 0.229 e. The maximum atomic E-state index is 9.78. The first kappa shape index (κ1) is 15.7. The minimum absolute atomic E-state index is 0.00195. The molecule has 104 valence electrons. The second-order valence-corrected chi connectivity index (χ2v) is 6.43. The summed E-state index contributed by atoms with van der Waals surface area (Å²) in [6.45, 7) is 0. The third-order valence-corrected chi connectivity index (χ3v) is 5.05. The Hall–Kier alpha value is -0.660. The number of hydrogen-bond donors (Lipinski definition) is 3. The molecule has 0 amide bonds. The fourth-order valence-electron chi connectivity index (χ4n) is 1.46. The number of halogens is 4. The summed E-state index contributed by atoms with van der Waals surface area (Å²) in [6.07, 6.45) is 3.51. The van der Waals surface area contributed by atoms with Gasteiger partial charge in [-0.2, -0.15) is 5.43 Å². The third-order valence-electron chi connectivity index (χ3n) is 2.48. The predicted molar refractivity (Wildman–Crippen MR) is 88.1 cm³/mol. The van der Waals surface area contributed by atoms with Gasteiger partial charge in [0.2, 0.25) is 5.71 Å². The topological polar surface area (TPSA) is 74.8 Å². The molecule has 1 aromatic rings. The molecule has 1 aliphatic carbocycles. The Morgan fingerprint density at radius 2 is 1.70 bits per heavy atom. The zero-order valence-electron chi connectivity index (χ0n) is 9.87. The number of hydrogen-bond acceptors (Lipinski definition) is 2. The minimum atomic E-state index is -0.00195. The molecule has 20 heavy (non-hydrogen) atoms. The second-order valence-electron chi connectivity index (χ2n) is 3.91. The van der Waals surface area contributed by atoms with Crippen LogP contribution in [0.5, 0.6) is 5.75 Å². The van der Waals surface area contributed by atoms with E-state index in [1.54, 1.807) is 12.2 Å². The number of allylic oxidation sites excluding steroid dienone is 4. The van der Waals surface area contributed by atoms with E-state index in [-0.39, 0.29) is 10.8 Å². The van der Waals surface area contributed by atoms with Crippen molar-refractivity contribution < 1.29 is 15.9 Å². The lowest BCUT2D eigenvalue weighted by Gasteiger charge is -2.05. The van der Waals surface area contributed by atoms with Crippen molar-refractivity contribution in [3.05, 3.63) is 43.3 Å². The smallest absolute Gasteiger partial charge is 0.229 e. The minimum Gasteiger partial charge on any atom is -0.503 e. The van der Waals surface area contributed by atoms with Crippen LogP contribution in [-0.4, -0.2) is 16.5 Å². The fourth-order valence-corrected chi connectivity index (χ4v) is 2.48. The molecule has 0 fully saturated rings. The Balaban J connectivity index is 2.27. The largest absolute Gasteiger partial charge is 0.503 e. The highest BCUT2D eigenvalue weighted by atomic mass is 79.9. The monoisotopic (exact) mass is 439 g/mol. The van der Waals surface area contributed by atoms with Crippen LogP contribution < -0.4 is 10.8 Å². The van der Waals surface area contributed by atoms with Crippen molar-refractivity contribution in [3.8, 4) is 5.75 Å². The van der Waals surface area contributed by atoms with Gasteiger partial charge in [0.25, 0.3) is 0 Å². The number of phenolic OH excluding ortho intramolecular Hbond substituents is 1. The molecule has 2 rings (SSSR count). The lowest BCUT2D eigenvalue weighted by molar-refractivity contribution is -0.577. The summed E-state index contributed by atoms with van der Waals surface area (Å²) in [5, 5.41) is 20.5. The summed E-state index contributed by atoms with van der Waals surface area (Å²) in [4.78, 5) is 0. The number of benzene rings is 1. The Kier molecular flexibility index (Phi) is 5.04. The maximum absolute atomic E-state index is 9.78. The molecule has 4 nitrogen and oxygen atoms in total. The fraction of sp³-hybridized carbons (Fsp3) is 0. The molecule has 0 aromatic heterocycles. The van der Waals surface area contributed by atoms with Crippen LogP contribution in [-0.2, 0) is 0 Å². The molecular weight excluding hydrogens is 433 g/mol. The molecule has 0 bridgehead atoms. The van der Waals surface area contributed by atoms with Gasteiger partial charge in [0.1, 0.15) is 0 Å². The van der Waals surface area contributed by atoms with Crippen LogP contribution in [0, 0.1) is 0 Å². The SMILES string of the molecule is [NH2+]=C1C=C(Br)C(Br)=CC1=N[NH2+]c1cc(Cl)c(Cl)cc1O. The average molecular weight is 442 g/mol. The number of nitrogens with zero attached hydrogens (tertiary/aromatic N) is 1. The lowest BCUT2D eigenvalue weighted by atomic mass is 10.1. The molecule has 8 heteroatoms. The van der Waals surface area contributed by atoms with E-state index in [9.17, 15) is 5.11 Å². The molecule has 1 aromatic carbocycles. The van der Waals surface area contributed by atoms with Crippen molar-refractivity contribution in [2.24, 2.45) is 5.10 Å². The molecule has 0 atom stereocenters. The van der Waals surface area contributed by atoms with Crippen LogP contribution in [0.25, 0.3) is 0 Å². The van der Waals surface area contributed by atoms with Crippen LogP contribution >= 0.6 is 55.1 Å². The van der Waals surface area contributed by atoms with Gasteiger partial charge in [-0.1, -0.05) is 28.3 Å². The number of aromatic hydroxyl groups is 1. The van der Waals surface area contributed by atoms with E-state index in [0.29, 0.717) is 22.1 Å². The Labute approximate surface area is 141 Å². The van der Waals surface area contributed by atoms with Crippen molar-refractivity contribution >= 4 is 72.2 Å². The van der Waals surface area contributed by atoms with Crippen LogP contribution in [0.1, 0.15) is 0 Å². The predicted octanol–water partition coefficient (Wildman–Crippen LogP) is 2.02. The van der Waals surface area contributed by atoms with Gasteiger partial charge >= 0.3 is 0 Å². The van der Waals surface area contributed by atoms with Crippen molar-refractivity contribution in [1.29, 1.82) is 0 Å². The van der Waals surface area contributed by atoms with Gasteiger partial charge in [0.15, 0.2) is 17.1 Å². The molecular formula is C12H9Br2Cl2N3O+2. The van der Waals surface area contributed by atoms with E-state index in [0.717, 1.165) is 8.96 Å². The highest BCUT2D eigenvalue weighted by Crippen LogP contribution is 2.30. The normalized spacial score (nSPS) is 17.2. The molecule has 0 saturated heterocycles. The summed E-state index contributed by atoms with van der Waals surface area (Å²) in [6, 6.07) is 2.90. The molecule has 0 radical (unpaired) electrons. The number of quaternary nitrogens is 1. The summed E-state index contributed by atoms with van der Waals surface area (Å²) >= 11 is 18.4. The number of rotatable bonds is 2. The molecule has 1 aliphatic rings. The van der Waals surface area contributed by atoms with E-state index in [4.69, 9.17) is 28.6 Å². The van der Waals surface area contributed by atoms with E-state index >= 15 is 0 Å². The Morgan fingerprint density at radius 3 is 2.40 bits per heavy atom. The lowest BCUT2D eigenvalue weighted by Crippen LogP contribution is -2.72. The van der Waals surface area contributed by atoms with Gasteiger partial charge in [-0.25, -0.2) is 0 Å². The number of phenols is 1. The molecule has 0 unspecified atom stereocenters. The van der Waals surface area contributed by atoms with Gasteiger partial charge < -0.3 is 5.11 Å². The highest BCUT2D eigenvalue weighted by Gasteiger charge is 2.19. The molecule has 0 heterocycles. The summed E-state index contributed by atoms with van der Waals surface area (Å²) in [7, 11) is 0. The van der Waals surface area contributed by atoms with Gasteiger partial charge in [-0.05, 0) is 37.9 Å². The standard InChI is InChI=1S/C12H7Br2Cl2N3O/c13-5-1-9(17)10(2-6(5)14)18-19-11-3-7(15)8(16)4-12(11)20/h1-4,17,19-20H/p+2. The Bertz CT molecular complexity index is 684.